The normalized spacial score (nSPS) is 11.9. The maximum atomic E-state index is 13.6. The van der Waals surface area contributed by atoms with Crippen molar-refractivity contribution >= 4 is 11.6 Å². The number of rotatable bonds is 4. The minimum atomic E-state index is -0.794. The van der Waals surface area contributed by atoms with Crippen LogP contribution in [-0.2, 0) is 4.79 Å². The van der Waals surface area contributed by atoms with Crippen molar-refractivity contribution in [3.8, 4) is 5.75 Å². The summed E-state index contributed by atoms with van der Waals surface area (Å²) in [6.07, 6.45) is -0.794. The van der Waals surface area contributed by atoms with E-state index in [1.54, 1.807) is 19.1 Å². The first kappa shape index (κ1) is 16.0. The molecule has 1 atom stereocenters. The molecule has 0 aliphatic heterocycles. The Morgan fingerprint density at radius 3 is 2.32 bits per heavy atom. The number of carbonyl (C=O) groups is 1. The lowest BCUT2D eigenvalue weighted by atomic mass is 10.0. The van der Waals surface area contributed by atoms with Gasteiger partial charge in [-0.1, -0.05) is 29.8 Å². The Morgan fingerprint density at radius 2 is 1.73 bits per heavy atom. The number of anilines is 1. The Hall–Kier alpha value is -2.36. The number of hydrogen-bond acceptors (Lipinski definition) is 2. The smallest absolute Gasteiger partial charge is 0.265 e. The summed E-state index contributed by atoms with van der Waals surface area (Å²) in [5.74, 6) is -0.717. The molecule has 4 heteroatoms. The topological polar surface area (TPSA) is 38.3 Å². The van der Waals surface area contributed by atoms with Crippen molar-refractivity contribution in [2.45, 2.75) is 33.8 Å². The lowest BCUT2D eigenvalue weighted by molar-refractivity contribution is -0.122. The van der Waals surface area contributed by atoms with Gasteiger partial charge in [-0.3, -0.25) is 4.79 Å². The van der Waals surface area contributed by atoms with Gasteiger partial charge in [0.05, 0.1) is 0 Å². The van der Waals surface area contributed by atoms with Crippen LogP contribution in [0.2, 0.25) is 0 Å². The number of nitrogens with one attached hydrogen (secondary N) is 1. The second-order valence-electron chi connectivity index (χ2n) is 5.45. The summed E-state index contributed by atoms with van der Waals surface area (Å²) in [5.41, 5.74) is 3.90. The molecule has 0 heterocycles. The largest absolute Gasteiger partial charge is 0.478 e. The fourth-order valence-electron chi connectivity index (χ4n) is 2.39. The van der Waals surface area contributed by atoms with Gasteiger partial charge in [0.15, 0.2) is 17.7 Å². The van der Waals surface area contributed by atoms with Crippen LogP contribution in [-0.4, -0.2) is 12.0 Å². The summed E-state index contributed by atoms with van der Waals surface area (Å²) in [4.78, 5) is 12.3. The minimum Gasteiger partial charge on any atom is -0.478 e. The van der Waals surface area contributed by atoms with Gasteiger partial charge in [-0.2, -0.15) is 0 Å². The molecule has 22 heavy (non-hydrogen) atoms. The number of halogens is 1. The van der Waals surface area contributed by atoms with Crippen molar-refractivity contribution in [1.82, 2.24) is 0 Å². The van der Waals surface area contributed by atoms with Crippen LogP contribution >= 0.6 is 0 Å². The number of amides is 1. The highest BCUT2D eigenvalue weighted by Crippen LogP contribution is 2.23. The Balaban J connectivity index is 2.11. The molecule has 2 aromatic carbocycles. The molecule has 0 unspecified atom stereocenters. The molecule has 0 bridgehead atoms. The second-order valence-corrected chi connectivity index (χ2v) is 5.45. The molecule has 0 saturated carbocycles. The standard InChI is InChI=1S/C18H20FNO2/c1-11-9-12(2)17(13(3)10-11)20-18(21)14(4)22-16-8-6-5-7-15(16)19/h5-10,14H,1-4H3,(H,20,21)/t14-/m0/s1. The van der Waals surface area contributed by atoms with E-state index in [-0.39, 0.29) is 11.7 Å². The van der Waals surface area contributed by atoms with Crippen molar-refractivity contribution in [3.05, 3.63) is 58.9 Å². The van der Waals surface area contributed by atoms with E-state index in [4.69, 9.17) is 4.74 Å². The molecule has 1 N–H and O–H groups in total. The van der Waals surface area contributed by atoms with Crippen molar-refractivity contribution in [2.24, 2.45) is 0 Å². The molecule has 2 aromatic rings. The van der Waals surface area contributed by atoms with Crippen LogP contribution in [0.3, 0.4) is 0 Å². The maximum absolute atomic E-state index is 13.6. The first-order valence-corrected chi connectivity index (χ1v) is 7.18. The highest BCUT2D eigenvalue weighted by Gasteiger charge is 2.18. The van der Waals surface area contributed by atoms with Crippen molar-refractivity contribution in [1.29, 1.82) is 0 Å². The molecule has 3 nitrogen and oxygen atoms in total. The molecule has 0 spiro atoms. The van der Waals surface area contributed by atoms with Crippen molar-refractivity contribution < 1.29 is 13.9 Å². The van der Waals surface area contributed by atoms with Gasteiger partial charge < -0.3 is 10.1 Å². The summed E-state index contributed by atoms with van der Waals surface area (Å²) < 4.78 is 19.0. The third-order valence-corrected chi connectivity index (χ3v) is 3.43. The van der Waals surface area contributed by atoms with E-state index in [0.29, 0.717) is 0 Å². The predicted octanol–water partition coefficient (Wildman–Crippen LogP) is 4.16. The first-order chi connectivity index (χ1) is 10.4. The van der Waals surface area contributed by atoms with E-state index >= 15 is 0 Å². The molecular weight excluding hydrogens is 281 g/mol. The molecule has 116 valence electrons. The van der Waals surface area contributed by atoms with E-state index < -0.39 is 11.9 Å². The lowest BCUT2D eigenvalue weighted by Gasteiger charge is -2.17. The zero-order valence-electron chi connectivity index (χ0n) is 13.2. The van der Waals surface area contributed by atoms with E-state index in [1.165, 1.54) is 12.1 Å². The zero-order valence-corrected chi connectivity index (χ0v) is 13.2. The third kappa shape index (κ3) is 3.64. The molecule has 0 aliphatic rings. The molecule has 2 rings (SSSR count). The molecule has 0 saturated heterocycles. The number of benzene rings is 2. The number of aryl methyl sites for hydroxylation is 3. The Kier molecular flexibility index (Phi) is 4.81. The number of hydrogen-bond donors (Lipinski definition) is 1. The Bertz CT molecular complexity index is 674. The quantitative estimate of drug-likeness (QED) is 0.921. The van der Waals surface area contributed by atoms with Crippen molar-refractivity contribution in [3.63, 3.8) is 0 Å². The van der Waals surface area contributed by atoms with Gasteiger partial charge in [-0.05, 0) is 51.0 Å². The zero-order chi connectivity index (χ0) is 16.3. The molecule has 1 amide bonds. The van der Waals surface area contributed by atoms with Crippen LogP contribution in [0, 0.1) is 26.6 Å². The predicted molar refractivity (Wildman–Crippen MR) is 85.8 cm³/mol. The van der Waals surface area contributed by atoms with Crippen LogP contribution in [0.15, 0.2) is 36.4 Å². The first-order valence-electron chi connectivity index (χ1n) is 7.18. The molecule has 0 aliphatic carbocycles. The monoisotopic (exact) mass is 301 g/mol. The number of para-hydroxylation sites is 1. The fraction of sp³-hybridized carbons (Fsp3) is 0.278. The lowest BCUT2D eigenvalue weighted by Crippen LogP contribution is -2.31. The molecule has 0 fully saturated rings. The SMILES string of the molecule is Cc1cc(C)c(NC(=O)[C@H](C)Oc2ccccc2F)c(C)c1. The number of ether oxygens (including phenoxy) is 1. The number of carbonyl (C=O) groups excluding carboxylic acids is 1. The van der Waals surface area contributed by atoms with Crippen LogP contribution in [0.5, 0.6) is 5.75 Å². The minimum absolute atomic E-state index is 0.0718. The highest BCUT2D eigenvalue weighted by molar-refractivity contribution is 5.95. The molecule has 0 aromatic heterocycles. The Morgan fingerprint density at radius 1 is 1.14 bits per heavy atom. The fourth-order valence-corrected chi connectivity index (χ4v) is 2.39. The van der Waals surface area contributed by atoms with E-state index in [2.05, 4.69) is 5.32 Å². The average Bonchev–Trinajstić information content (AvgIpc) is 2.45. The van der Waals surface area contributed by atoms with E-state index in [1.807, 2.05) is 32.9 Å². The third-order valence-electron chi connectivity index (χ3n) is 3.43. The van der Waals surface area contributed by atoms with Gasteiger partial charge in [-0.25, -0.2) is 4.39 Å². The highest BCUT2D eigenvalue weighted by atomic mass is 19.1. The molecular formula is C18H20FNO2. The summed E-state index contributed by atoms with van der Waals surface area (Å²) in [5, 5.41) is 2.86. The van der Waals surface area contributed by atoms with Gasteiger partial charge in [0.1, 0.15) is 0 Å². The molecule has 0 radical (unpaired) electrons. The summed E-state index contributed by atoms with van der Waals surface area (Å²) in [6, 6.07) is 10.1. The average molecular weight is 301 g/mol. The second kappa shape index (κ2) is 6.60. The van der Waals surface area contributed by atoms with E-state index in [0.717, 1.165) is 22.4 Å². The summed E-state index contributed by atoms with van der Waals surface area (Å²) >= 11 is 0. The van der Waals surface area contributed by atoms with Crippen LogP contribution < -0.4 is 10.1 Å². The Labute approximate surface area is 130 Å². The van der Waals surface area contributed by atoms with Crippen LogP contribution in [0.1, 0.15) is 23.6 Å². The van der Waals surface area contributed by atoms with Crippen LogP contribution in [0.4, 0.5) is 10.1 Å². The maximum Gasteiger partial charge on any atom is 0.265 e. The van der Waals surface area contributed by atoms with Gasteiger partial charge >= 0.3 is 0 Å². The van der Waals surface area contributed by atoms with Gasteiger partial charge in [0.2, 0.25) is 0 Å². The van der Waals surface area contributed by atoms with E-state index in [9.17, 15) is 9.18 Å². The van der Waals surface area contributed by atoms with Gasteiger partial charge in [-0.15, -0.1) is 0 Å². The van der Waals surface area contributed by atoms with Gasteiger partial charge in [0, 0.05) is 5.69 Å². The summed E-state index contributed by atoms with van der Waals surface area (Å²) in [7, 11) is 0. The van der Waals surface area contributed by atoms with Crippen molar-refractivity contribution in [2.75, 3.05) is 5.32 Å². The van der Waals surface area contributed by atoms with Crippen LogP contribution in [0.25, 0.3) is 0 Å². The summed E-state index contributed by atoms with van der Waals surface area (Å²) in [6.45, 7) is 7.49. The van der Waals surface area contributed by atoms with Gasteiger partial charge in [0.25, 0.3) is 5.91 Å².